The highest BCUT2D eigenvalue weighted by molar-refractivity contribution is 6.06. The molecule has 2 heterocycles. The fourth-order valence-corrected chi connectivity index (χ4v) is 5.73. The Morgan fingerprint density at radius 3 is 2.21 bits per heavy atom. The average Bonchev–Trinajstić information content (AvgIpc) is 3.40. The zero-order chi connectivity index (χ0) is 28.8. The second-order valence-corrected chi connectivity index (χ2v) is 11.7. The summed E-state index contributed by atoms with van der Waals surface area (Å²) in [6, 6.07) is 41.2. The number of benzene rings is 5. The van der Waals surface area contributed by atoms with E-state index in [0.717, 1.165) is 49.9 Å². The molecule has 0 bridgehead atoms. The molecule has 204 valence electrons. The van der Waals surface area contributed by atoms with Crippen LogP contribution in [0.4, 0.5) is 0 Å². The molecule has 0 unspecified atom stereocenters. The van der Waals surface area contributed by atoms with Gasteiger partial charge in [0.25, 0.3) is 0 Å². The zero-order valence-corrected chi connectivity index (χ0v) is 23.9. The number of aromatic nitrogens is 3. The van der Waals surface area contributed by atoms with Gasteiger partial charge in [-0.25, -0.2) is 4.98 Å². The summed E-state index contributed by atoms with van der Waals surface area (Å²) in [4.78, 5) is 10.0. The van der Waals surface area contributed by atoms with Crippen LogP contribution in [0.25, 0.3) is 61.3 Å². The van der Waals surface area contributed by atoms with Crippen LogP contribution in [0.3, 0.4) is 0 Å². The highest BCUT2D eigenvalue weighted by atomic mass is 16.3. The van der Waals surface area contributed by atoms with Crippen LogP contribution in [-0.4, -0.2) is 19.6 Å². The third kappa shape index (κ3) is 4.42. The monoisotopic (exact) mass is 545 g/mol. The molecule has 4 nitrogen and oxygen atoms in total. The van der Waals surface area contributed by atoms with Crippen molar-refractivity contribution < 1.29 is 5.11 Å². The molecule has 2 aromatic heterocycles. The fourth-order valence-electron chi connectivity index (χ4n) is 5.73. The summed E-state index contributed by atoms with van der Waals surface area (Å²) in [6.07, 6.45) is 1.91. The number of pyridine rings is 1. The second-order valence-electron chi connectivity index (χ2n) is 11.7. The molecule has 42 heavy (non-hydrogen) atoms. The summed E-state index contributed by atoms with van der Waals surface area (Å²) in [6.45, 7) is 6.68. The summed E-state index contributed by atoms with van der Waals surface area (Å²) in [5.41, 5.74) is 8.93. The first-order chi connectivity index (χ1) is 20.4. The van der Waals surface area contributed by atoms with E-state index in [2.05, 4.69) is 104 Å². The summed E-state index contributed by atoms with van der Waals surface area (Å²) >= 11 is 0. The molecule has 4 heteroatoms. The van der Waals surface area contributed by atoms with Gasteiger partial charge >= 0.3 is 0 Å². The molecular weight excluding hydrogens is 514 g/mol. The van der Waals surface area contributed by atoms with Crippen LogP contribution >= 0.6 is 0 Å². The standard InChI is InChI=1S/C38H31N3O/c1-38(2,3)27-20-21-39-33(24-27)26-22-25-12-7-8-15-29(25)32(23-26)30-17-11-18-34-36(30)40-37(31-16-9-10-19-35(31)42)41(34)28-13-5-4-6-14-28/h4-24,42H,1-3H3. The van der Waals surface area contributed by atoms with Gasteiger partial charge in [0.1, 0.15) is 11.6 Å². The predicted octanol–water partition coefficient (Wildman–Crippen LogP) is 9.58. The van der Waals surface area contributed by atoms with Crippen LogP contribution in [0.15, 0.2) is 128 Å². The molecular formula is C38H31N3O. The van der Waals surface area contributed by atoms with Crippen molar-refractivity contribution >= 4 is 21.8 Å². The van der Waals surface area contributed by atoms with E-state index < -0.39 is 0 Å². The van der Waals surface area contributed by atoms with E-state index in [1.54, 1.807) is 6.07 Å². The number of aromatic hydroxyl groups is 1. The maximum Gasteiger partial charge on any atom is 0.149 e. The van der Waals surface area contributed by atoms with E-state index in [0.29, 0.717) is 11.4 Å². The number of hydrogen-bond donors (Lipinski definition) is 1. The number of fused-ring (bicyclic) bond motifs is 2. The third-order valence-electron chi connectivity index (χ3n) is 7.92. The summed E-state index contributed by atoms with van der Waals surface area (Å²) in [5, 5.41) is 13.2. The smallest absolute Gasteiger partial charge is 0.149 e. The quantitative estimate of drug-likeness (QED) is 0.240. The Morgan fingerprint density at radius 2 is 1.40 bits per heavy atom. The van der Waals surface area contributed by atoms with E-state index >= 15 is 0 Å². The van der Waals surface area contributed by atoms with Gasteiger partial charge in [-0.05, 0) is 81.9 Å². The number of imidazole rings is 1. The normalized spacial score (nSPS) is 11.8. The number of nitrogens with zero attached hydrogens (tertiary/aromatic N) is 3. The Hall–Kier alpha value is -5.22. The molecule has 0 atom stereocenters. The summed E-state index contributed by atoms with van der Waals surface area (Å²) < 4.78 is 2.13. The first-order valence-electron chi connectivity index (χ1n) is 14.2. The van der Waals surface area contributed by atoms with E-state index in [1.165, 1.54) is 5.56 Å². The number of phenols is 1. The lowest BCUT2D eigenvalue weighted by Gasteiger charge is -2.19. The van der Waals surface area contributed by atoms with Crippen LogP contribution in [-0.2, 0) is 5.41 Å². The van der Waals surface area contributed by atoms with E-state index in [-0.39, 0.29) is 11.2 Å². The first kappa shape index (κ1) is 25.7. The second kappa shape index (κ2) is 10.0. The minimum Gasteiger partial charge on any atom is -0.507 e. The zero-order valence-electron chi connectivity index (χ0n) is 23.9. The van der Waals surface area contributed by atoms with Gasteiger partial charge in [0, 0.05) is 23.0 Å². The third-order valence-corrected chi connectivity index (χ3v) is 7.92. The van der Waals surface area contributed by atoms with Crippen LogP contribution in [0.1, 0.15) is 26.3 Å². The average molecular weight is 546 g/mol. The number of para-hydroxylation sites is 3. The molecule has 0 aliphatic rings. The minimum absolute atomic E-state index is 0.0205. The fraction of sp³-hybridized carbons (Fsp3) is 0.105. The van der Waals surface area contributed by atoms with Crippen LogP contribution < -0.4 is 0 Å². The molecule has 0 amide bonds. The molecule has 1 N–H and O–H groups in total. The molecule has 5 aromatic carbocycles. The molecule has 0 radical (unpaired) electrons. The van der Waals surface area contributed by atoms with Gasteiger partial charge in [-0.15, -0.1) is 0 Å². The number of hydrogen-bond acceptors (Lipinski definition) is 3. The number of phenolic OH excluding ortho intramolecular Hbond substituents is 1. The van der Waals surface area contributed by atoms with Crippen LogP contribution in [0.5, 0.6) is 5.75 Å². The Bertz CT molecular complexity index is 2080. The Morgan fingerprint density at radius 1 is 0.667 bits per heavy atom. The largest absolute Gasteiger partial charge is 0.507 e. The lowest BCUT2D eigenvalue weighted by molar-refractivity contribution is 0.477. The molecule has 0 saturated carbocycles. The van der Waals surface area contributed by atoms with Gasteiger partial charge in [0.05, 0.1) is 22.3 Å². The van der Waals surface area contributed by atoms with Gasteiger partial charge in [-0.1, -0.05) is 87.5 Å². The van der Waals surface area contributed by atoms with Crippen molar-refractivity contribution in [1.29, 1.82) is 0 Å². The van der Waals surface area contributed by atoms with Crippen LogP contribution in [0, 0.1) is 0 Å². The molecule has 0 saturated heterocycles. The molecule has 7 rings (SSSR count). The van der Waals surface area contributed by atoms with Gasteiger partial charge in [0.15, 0.2) is 0 Å². The highest BCUT2D eigenvalue weighted by Crippen LogP contribution is 2.40. The summed E-state index contributed by atoms with van der Waals surface area (Å²) in [5.74, 6) is 0.894. The maximum atomic E-state index is 10.9. The molecule has 0 aliphatic carbocycles. The van der Waals surface area contributed by atoms with E-state index in [1.807, 2.05) is 42.6 Å². The molecule has 0 fully saturated rings. The Labute approximate surface area is 245 Å². The van der Waals surface area contributed by atoms with Crippen LogP contribution in [0.2, 0.25) is 0 Å². The van der Waals surface area contributed by atoms with Crippen molar-refractivity contribution in [1.82, 2.24) is 14.5 Å². The van der Waals surface area contributed by atoms with Crippen molar-refractivity contribution in [3.63, 3.8) is 0 Å². The highest BCUT2D eigenvalue weighted by Gasteiger charge is 2.21. The van der Waals surface area contributed by atoms with E-state index in [9.17, 15) is 5.11 Å². The predicted molar refractivity (Wildman–Crippen MR) is 173 cm³/mol. The number of rotatable bonds is 4. The van der Waals surface area contributed by atoms with Crippen molar-refractivity contribution in [2.45, 2.75) is 26.2 Å². The van der Waals surface area contributed by atoms with Gasteiger partial charge in [0.2, 0.25) is 0 Å². The SMILES string of the molecule is CC(C)(C)c1ccnc(-c2cc(-c3cccc4c3nc(-c3ccccc3O)n4-c3ccccc3)c3ccccc3c2)c1. The molecule has 7 aromatic rings. The Kier molecular flexibility index (Phi) is 6.13. The molecule has 0 aliphatic heterocycles. The maximum absolute atomic E-state index is 10.9. The van der Waals surface area contributed by atoms with Crippen molar-refractivity contribution in [3.05, 3.63) is 133 Å². The van der Waals surface area contributed by atoms with Gasteiger partial charge in [-0.3, -0.25) is 9.55 Å². The Balaban J connectivity index is 1.53. The molecule has 0 spiro atoms. The van der Waals surface area contributed by atoms with Gasteiger partial charge in [-0.2, -0.15) is 0 Å². The first-order valence-corrected chi connectivity index (χ1v) is 14.2. The van der Waals surface area contributed by atoms with E-state index in [4.69, 9.17) is 9.97 Å². The lowest BCUT2D eigenvalue weighted by atomic mass is 9.86. The van der Waals surface area contributed by atoms with Crippen molar-refractivity contribution in [2.24, 2.45) is 0 Å². The van der Waals surface area contributed by atoms with Crippen molar-refractivity contribution in [3.8, 4) is 45.2 Å². The van der Waals surface area contributed by atoms with Crippen molar-refractivity contribution in [2.75, 3.05) is 0 Å². The minimum atomic E-state index is 0.0205. The van der Waals surface area contributed by atoms with Gasteiger partial charge < -0.3 is 5.11 Å². The summed E-state index contributed by atoms with van der Waals surface area (Å²) in [7, 11) is 0. The topological polar surface area (TPSA) is 50.9 Å². The lowest BCUT2D eigenvalue weighted by Crippen LogP contribution is -2.11.